The standard InChI is InChI=1S/C12H21N3O5/c1-12(19,4-5-20-3)8-13-9(16)6-15-10(17)7-14(2)11(15)18/h19H,4-8H2,1-3H3,(H,13,16). The molecule has 114 valence electrons. The summed E-state index contributed by atoms with van der Waals surface area (Å²) in [7, 11) is 3.02. The van der Waals surface area contributed by atoms with E-state index in [0.717, 1.165) is 4.90 Å². The average Bonchev–Trinajstić information content (AvgIpc) is 2.61. The number of likely N-dealkylation sites (N-methyl/N-ethyl adjacent to an activating group) is 1. The van der Waals surface area contributed by atoms with E-state index in [9.17, 15) is 19.5 Å². The Balaban J connectivity index is 2.41. The number of carbonyl (C=O) groups is 3. The number of hydrogen-bond acceptors (Lipinski definition) is 5. The van der Waals surface area contributed by atoms with E-state index in [-0.39, 0.29) is 19.6 Å². The summed E-state index contributed by atoms with van der Waals surface area (Å²) in [6, 6.07) is -0.490. The van der Waals surface area contributed by atoms with Crippen molar-refractivity contribution in [2.24, 2.45) is 0 Å². The highest BCUT2D eigenvalue weighted by atomic mass is 16.5. The molecule has 0 aromatic heterocycles. The van der Waals surface area contributed by atoms with Crippen LogP contribution in [0.3, 0.4) is 0 Å². The minimum absolute atomic E-state index is 0.0162. The molecule has 1 saturated heterocycles. The molecule has 8 nitrogen and oxygen atoms in total. The molecule has 1 heterocycles. The number of nitrogens with zero attached hydrogens (tertiary/aromatic N) is 2. The topological polar surface area (TPSA) is 99.2 Å². The number of imide groups is 1. The molecule has 1 aliphatic rings. The van der Waals surface area contributed by atoms with Crippen LogP contribution in [0, 0.1) is 0 Å². The molecular formula is C12H21N3O5. The summed E-state index contributed by atoms with van der Waals surface area (Å²) in [6.45, 7) is 1.63. The number of amides is 4. The van der Waals surface area contributed by atoms with E-state index in [4.69, 9.17) is 4.74 Å². The predicted molar refractivity (Wildman–Crippen MR) is 69.9 cm³/mol. The van der Waals surface area contributed by atoms with Crippen LogP contribution in [0.1, 0.15) is 13.3 Å². The molecule has 0 aromatic rings. The molecule has 20 heavy (non-hydrogen) atoms. The lowest BCUT2D eigenvalue weighted by atomic mass is 10.0. The third-order valence-electron chi connectivity index (χ3n) is 3.04. The van der Waals surface area contributed by atoms with Crippen molar-refractivity contribution in [2.45, 2.75) is 18.9 Å². The van der Waals surface area contributed by atoms with Crippen molar-refractivity contribution in [3.8, 4) is 0 Å². The summed E-state index contributed by atoms with van der Waals surface area (Å²) in [5.41, 5.74) is -1.10. The van der Waals surface area contributed by atoms with Crippen molar-refractivity contribution in [3.05, 3.63) is 0 Å². The Bertz CT molecular complexity index is 397. The van der Waals surface area contributed by atoms with E-state index in [1.54, 1.807) is 6.92 Å². The summed E-state index contributed by atoms with van der Waals surface area (Å²) >= 11 is 0. The predicted octanol–water partition coefficient (Wildman–Crippen LogP) is -1.22. The zero-order chi connectivity index (χ0) is 15.3. The maximum atomic E-state index is 11.7. The molecule has 0 spiro atoms. The van der Waals surface area contributed by atoms with E-state index < -0.39 is 23.4 Å². The number of nitrogens with one attached hydrogen (secondary N) is 1. The Morgan fingerprint density at radius 3 is 2.65 bits per heavy atom. The number of methoxy groups -OCH3 is 1. The number of rotatable bonds is 7. The molecule has 1 atom stereocenters. The van der Waals surface area contributed by atoms with E-state index >= 15 is 0 Å². The van der Waals surface area contributed by atoms with Crippen LogP contribution in [-0.4, -0.2) is 78.8 Å². The van der Waals surface area contributed by atoms with Crippen molar-refractivity contribution >= 4 is 17.8 Å². The molecule has 8 heteroatoms. The third-order valence-corrected chi connectivity index (χ3v) is 3.04. The molecule has 0 radical (unpaired) electrons. The van der Waals surface area contributed by atoms with Crippen molar-refractivity contribution in [3.63, 3.8) is 0 Å². The minimum atomic E-state index is -1.10. The zero-order valence-electron chi connectivity index (χ0n) is 12.0. The normalized spacial score (nSPS) is 18.4. The van der Waals surface area contributed by atoms with Gasteiger partial charge in [-0.05, 0) is 6.92 Å². The lowest BCUT2D eigenvalue weighted by Gasteiger charge is -2.23. The zero-order valence-corrected chi connectivity index (χ0v) is 12.0. The summed E-state index contributed by atoms with van der Waals surface area (Å²) in [5.74, 6) is -0.890. The van der Waals surface area contributed by atoms with Gasteiger partial charge in [0.15, 0.2) is 0 Å². The molecule has 2 N–H and O–H groups in total. The van der Waals surface area contributed by atoms with Gasteiger partial charge in [0.1, 0.15) is 13.1 Å². The fourth-order valence-electron chi connectivity index (χ4n) is 1.72. The second-order valence-corrected chi connectivity index (χ2v) is 5.13. The van der Waals surface area contributed by atoms with Crippen LogP contribution < -0.4 is 5.32 Å². The second-order valence-electron chi connectivity index (χ2n) is 5.13. The second kappa shape index (κ2) is 6.67. The summed E-state index contributed by atoms with van der Waals surface area (Å²) in [4.78, 5) is 36.9. The fourth-order valence-corrected chi connectivity index (χ4v) is 1.72. The lowest BCUT2D eigenvalue weighted by molar-refractivity contribution is -0.131. The highest BCUT2D eigenvalue weighted by Gasteiger charge is 2.35. The first-order valence-corrected chi connectivity index (χ1v) is 6.30. The number of carbonyl (C=O) groups excluding carboxylic acids is 3. The van der Waals surface area contributed by atoms with Crippen LogP contribution in [0.2, 0.25) is 0 Å². The maximum Gasteiger partial charge on any atom is 0.327 e. The Hall–Kier alpha value is -1.67. The van der Waals surface area contributed by atoms with Crippen molar-refractivity contribution < 1.29 is 24.2 Å². The van der Waals surface area contributed by atoms with Gasteiger partial charge < -0.3 is 20.1 Å². The molecule has 1 rings (SSSR count). The van der Waals surface area contributed by atoms with Crippen LogP contribution >= 0.6 is 0 Å². The molecule has 0 bridgehead atoms. The highest BCUT2D eigenvalue weighted by molar-refractivity contribution is 6.04. The number of aliphatic hydroxyl groups is 1. The molecule has 1 unspecified atom stereocenters. The first-order chi connectivity index (χ1) is 9.26. The van der Waals surface area contributed by atoms with Crippen molar-refractivity contribution in [1.29, 1.82) is 0 Å². The van der Waals surface area contributed by atoms with Gasteiger partial charge in [0.05, 0.1) is 5.60 Å². The summed E-state index contributed by atoms with van der Waals surface area (Å²) in [5, 5.41) is 12.5. The molecule has 1 fully saturated rings. The molecule has 0 aromatic carbocycles. The van der Waals surface area contributed by atoms with Crippen LogP contribution in [0.25, 0.3) is 0 Å². The van der Waals surface area contributed by atoms with Crippen LogP contribution in [-0.2, 0) is 14.3 Å². The van der Waals surface area contributed by atoms with Gasteiger partial charge in [-0.2, -0.15) is 0 Å². The Kier molecular flexibility index (Phi) is 5.46. The Labute approximate surface area is 117 Å². The molecule has 0 saturated carbocycles. The van der Waals surface area contributed by atoms with Crippen LogP contribution in [0.4, 0.5) is 4.79 Å². The van der Waals surface area contributed by atoms with E-state index in [1.165, 1.54) is 19.1 Å². The van der Waals surface area contributed by atoms with Crippen molar-refractivity contribution in [2.75, 3.05) is 40.4 Å². The first-order valence-electron chi connectivity index (χ1n) is 6.30. The van der Waals surface area contributed by atoms with Gasteiger partial charge in [-0.1, -0.05) is 0 Å². The van der Waals surface area contributed by atoms with Gasteiger partial charge in [0.25, 0.3) is 5.91 Å². The van der Waals surface area contributed by atoms with Gasteiger partial charge in [-0.25, -0.2) is 4.79 Å². The van der Waals surface area contributed by atoms with Gasteiger partial charge in [0, 0.05) is 33.7 Å². The maximum absolute atomic E-state index is 11.7. The minimum Gasteiger partial charge on any atom is -0.388 e. The fraction of sp³-hybridized carbons (Fsp3) is 0.750. The molecular weight excluding hydrogens is 266 g/mol. The average molecular weight is 287 g/mol. The first kappa shape index (κ1) is 16.4. The monoisotopic (exact) mass is 287 g/mol. The number of hydrogen-bond donors (Lipinski definition) is 2. The third kappa shape index (κ3) is 4.46. The summed E-state index contributed by atoms with van der Waals surface area (Å²) in [6.07, 6.45) is 0.369. The van der Waals surface area contributed by atoms with Gasteiger partial charge >= 0.3 is 6.03 Å². The number of ether oxygens (including phenoxy) is 1. The summed E-state index contributed by atoms with van der Waals surface area (Å²) < 4.78 is 4.86. The molecule has 1 aliphatic heterocycles. The smallest absolute Gasteiger partial charge is 0.327 e. The lowest BCUT2D eigenvalue weighted by Crippen LogP contribution is -2.46. The van der Waals surface area contributed by atoms with Gasteiger partial charge in [-0.3, -0.25) is 14.5 Å². The SMILES string of the molecule is COCCC(C)(O)CNC(=O)CN1C(=O)CN(C)C1=O. The van der Waals surface area contributed by atoms with Gasteiger partial charge in [0.2, 0.25) is 5.91 Å². The highest BCUT2D eigenvalue weighted by Crippen LogP contribution is 2.09. The van der Waals surface area contributed by atoms with Crippen molar-refractivity contribution in [1.82, 2.24) is 15.1 Å². The van der Waals surface area contributed by atoms with Crippen LogP contribution in [0.15, 0.2) is 0 Å². The molecule has 0 aliphatic carbocycles. The van der Waals surface area contributed by atoms with E-state index in [0.29, 0.717) is 13.0 Å². The van der Waals surface area contributed by atoms with Crippen LogP contribution in [0.5, 0.6) is 0 Å². The van der Waals surface area contributed by atoms with E-state index in [1.807, 2.05) is 0 Å². The number of urea groups is 1. The Morgan fingerprint density at radius 1 is 1.50 bits per heavy atom. The quantitative estimate of drug-likeness (QED) is 0.572. The van der Waals surface area contributed by atoms with Gasteiger partial charge in [-0.15, -0.1) is 0 Å². The largest absolute Gasteiger partial charge is 0.388 e. The Morgan fingerprint density at radius 2 is 2.15 bits per heavy atom. The molecule has 4 amide bonds. The van der Waals surface area contributed by atoms with E-state index in [2.05, 4.69) is 5.32 Å².